The number of nitrogens with one attached hydrogen (secondary N) is 4. The van der Waals surface area contributed by atoms with E-state index in [1.54, 1.807) is 6.92 Å². The molecule has 5 atom stereocenters. The maximum absolute atomic E-state index is 13.0. The molecule has 11 nitrogen and oxygen atoms in total. The zero-order valence-corrected chi connectivity index (χ0v) is 20.4. The van der Waals surface area contributed by atoms with Gasteiger partial charge < -0.3 is 31.8 Å². The minimum absolute atomic E-state index is 0.00982. The van der Waals surface area contributed by atoms with E-state index >= 15 is 0 Å². The molecule has 1 heterocycles. The normalized spacial score (nSPS) is 15.7. The lowest BCUT2D eigenvalue weighted by Gasteiger charge is -2.28. The molecule has 0 radical (unpaired) electrons. The van der Waals surface area contributed by atoms with Crippen molar-refractivity contribution < 1.29 is 24.3 Å². The van der Waals surface area contributed by atoms with Gasteiger partial charge in [-0.25, -0.2) is 9.78 Å². The molecule has 0 fully saturated rings. The standard InChI is InChI=1S/C21H36N6O5S/c1-5-12(4)17(20(30)26-16(21(31)32)7-13-8-23-10-24-13)27-19(29)15(6-11(2)3)25-18(28)14(22)9-33/h8,10-12,14-17,33H,5-7,9,22H2,1-4H3,(H,23,24)(H,25,28)(H,26,30)(H,27,29)(H,31,32). The second-order valence-electron chi connectivity index (χ2n) is 8.53. The van der Waals surface area contributed by atoms with Gasteiger partial charge in [-0.1, -0.05) is 34.1 Å². The Morgan fingerprint density at radius 2 is 1.73 bits per heavy atom. The predicted octanol–water partition coefficient (Wildman–Crippen LogP) is -0.159. The lowest BCUT2D eigenvalue weighted by molar-refractivity contribution is -0.142. The van der Waals surface area contributed by atoms with Gasteiger partial charge >= 0.3 is 5.97 Å². The van der Waals surface area contributed by atoms with E-state index in [9.17, 15) is 24.3 Å². The van der Waals surface area contributed by atoms with E-state index in [2.05, 4.69) is 38.5 Å². The number of H-pyrrole nitrogens is 1. The highest BCUT2D eigenvalue weighted by Gasteiger charge is 2.33. The van der Waals surface area contributed by atoms with Gasteiger partial charge in [-0.15, -0.1) is 0 Å². The van der Waals surface area contributed by atoms with Crippen LogP contribution in [0.3, 0.4) is 0 Å². The first kappa shape index (κ1) is 28.4. The van der Waals surface area contributed by atoms with E-state index in [1.807, 2.05) is 20.8 Å². The first-order valence-electron chi connectivity index (χ1n) is 11.0. The van der Waals surface area contributed by atoms with E-state index in [0.717, 1.165) is 0 Å². The third-order valence-electron chi connectivity index (χ3n) is 5.26. The Hall–Kier alpha value is -2.60. The molecule has 0 aliphatic rings. The van der Waals surface area contributed by atoms with Crippen LogP contribution in [0.1, 0.15) is 46.2 Å². The number of hydrogen-bond donors (Lipinski definition) is 7. The number of nitrogens with two attached hydrogens (primary N) is 1. The van der Waals surface area contributed by atoms with Gasteiger partial charge in [0.15, 0.2) is 0 Å². The number of carbonyl (C=O) groups is 4. The molecule has 186 valence electrons. The van der Waals surface area contributed by atoms with Crippen LogP contribution in [0.4, 0.5) is 0 Å². The van der Waals surface area contributed by atoms with E-state index in [-0.39, 0.29) is 24.0 Å². The molecule has 0 aliphatic heterocycles. The maximum Gasteiger partial charge on any atom is 0.326 e. The highest BCUT2D eigenvalue weighted by atomic mass is 32.1. The van der Waals surface area contributed by atoms with Crippen LogP contribution in [-0.4, -0.2) is 68.7 Å². The average Bonchev–Trinajstić information content (AvgIpc) is 3.27. The van der Waals surface area contributed by atoms with Crippen LogP contribution in [0, 0.1) is 11.8 Å². The fourth-order valence-corrected chi connectivity index (χ4v) is 3.26. The third kappa shape index (κ3) is 9.42. The molecule has 5 unspecified atom stereocenters. The van der Waals surface area contributed by atoms with E-state index in [1.165, 1.54) is 12.5 Å². The Bertz CT molecular complexity index is 788. The third-order valence-corrected chi connectivity index (χ3v) is 5.65. The Balaban J connectivity index is 2.99. The van der Waals surface area contributed by atoms with Gasteiger partial charge in [-0.2, -0.15) is 12.6 Å². The topological polar surface area (TPSA) is 179 Å². The number of aromatic amines is 1. The number of imidazole rings is 1. The first-order valence-corrected chi connectivity index (χ1v) is 11.6. The average molecular weight is 485 g/mol. The summed E-state index contributed by atoms with van der Waals surface area (Å²) in [5, 5.41) is 17.4. The number of carbonyl (C=O) groups excluding carboxylic acids is 3. The molecule has 1 rings (SSSR count). The van der Waals surface area contributed by atoms with Gasteiger partial charge in [0.25, 0.3) is 0 Å². The van der Waals surface area contributed by atoms with Crippen LogP contribution < -0.4 is 21.7 Å². The Labute approximate surface area is 199 Å². The molecule has 0 saturated carbocycles. The zero-order chi connectivity index (χ0) is 25.1. The van der Waals surface area contributed by atoms with Crippen LogP contribution in [0.5, 0.6) is 0 Å². The van der Waals surface area contributed by atoms with Crippen LogP contribution in [-0.2, 0) is 25.6 Å². The van der Waals surface area contributed by atoms with Crippen molar-refractivity contribution >= 4 is 36.3 Å². The second-order valence-corrected chi connectivity index (χ2v) is 8.90. The van der Waals surface area contributed by atoms with Crippen molar-refractivity contribution in [3.8, 4) is 0 Å². The summed E-state index contributed by atoms with van der Waals surface area (Å²) in [6.07, 6.45) is 3.80. The molecule has 0 aliphatic carbocycles. The summed E-state index contributed by atoms with van der Waals surface area (Å²) in [7, 11) is 0. The monoisotopic (exact) mass is 484 g/mol. The highest BCUT2D eigenvalue weighted by Crippen LogP contribution is 2.12. The molecule has 3 amide bonds. The molecule has 33 heavy (non-hydrogen) atoms. The quantitative estimate of drug-likeness (QED) is 0.179. The van der Waals surface area contributed by atoms with Crippen molar-refractivity contribution in [2.75, 3.05) is 5.75 Å². The molecule has 0 aromatic carbocycles. The van der Waals surface area contributed by atoms with Gasteiger partial charge in [-0.3, -0.25) is 14.4 Å². The minimum Gasteiger partial charge on any atom is -0.480 e. The molecular weight excluding hydrogens is 448 g/mol. The van der Waals surface area contributed by atoms with E-state index in [4.69, 9.17) is 5.73 Å². The van der Waals surface area contributed by atoms with E-state index in [0.29, 0.717) is 18.5 Å². The van der Waals surface area contributed by atoms with E-state index < -0.39 is 47.9 Å². The lowest BCUT2D eigenvalue weighted by atomic mass is 9.96. The van der Waals surface area contributed by atoms with Gasteiger partial charge in [0, 0.05) is 24.1 Å². The molecule has 12 heteroatoms. The van der Waals surface area contributed by atoms with Gasteiger partial charge in [0.05, 0.1) is 12.4 Å². The van der Waals surface area contributed by atoms with Crippen LogP contribution in [0.2, 0.25) is 0 Å². The zero-order valence-electron chi connectivity index (χ0n) is 19.5. The summed E-state index contributed by atoms with van der Waals surface area (Å²) in [6, 6.07) is -3.97. The van der Waals surface area contributed by atoms with Gasteiger partial charge in [0.1, 0.15) is 18.1 Å². The van der Waals surface area contributed by atoms with Gasteiger partial charge in [-0.05, 0) is 18.3 Å². The second kappa shape index (κ2) is 13.8. The summed E-state index contributed by atoms with van der Waals surface area (Å²) >= 11 is 4.01. The summed E-state index contributed by atoms with van der Waals surface area (Å²) < 4.78 is 0. The Morgan fingerprint density at radius 1 is 1.09 bits per heavy atom. The summed E-state index contributed by atoms with van der Waals surface area (Å²) in [5.74, 6) is -2.97. The molecule has 0 bridgehead atoms. The van der Waals surface area contributed by atoms with Gasteiger partial charge in [0.2, 0.25) is 17.7 Å². The van der Waals surface area contributed by atoms with Crippen molar-refractivity contribution in [2.45, 2.75) is 71.1 Å². The highest BCUT2D eigenvalue weighted by molar-refractivity contribution is 7.80. The lowest BCUT2D eigenvalue weighted by Crippen LogP contribution is -2.59. The fraction of sp³-hybridized carbons (Fsp3) is 0.667. The molecule has 1 aromatic rings. The SMILES string of the molecule is CCC(C)C(NC(=O)C(CC(C)C)NC(=O)C(N)CS)C(=O)NC(Cc1cnc[nH]1)C(=O)O. The number of aromatic nitrogens is 2. The number of carboxylic acids is 1. The summed E-state index contributed by atoms with van der Waals surface area (Å²) in [5.41, 5.74) is 6.25. The smallest absolute Gasteiger partial charge is 0.326 e. The van der Waals surface area contributed by atoms with Crippen molar-refractivity contribution in [1.29, 1.82) is 0 Å². The minimum atomic E-state index is -1.21. The Kier molecular flexibility index (Phi) is 11.9. The Morgan fingerprint density at radius 3 is 2.21 bits per heavy atom. The molecule has 1 aromatic heterocycles. The molecular formula is C21H36N6O5S. The summed E-state index contributed by atoms with van der Waals surface area (Å²) in [6.45, 7) is 7.44. The van der Waals surface area contributed by atoms with Crippen LogP contribution in [0.25, 0.3) is 0 Å². The number of aliphatic carboxylic acids is 1. The van der Waals surface area contributed by atoms with Crippen LogP contribution in [0.15, 0.2) is 12.5 Å². The molecule has 0 saturated heterocycles. The largest absolute Gasteiger partial charge is 0.480 e. The van der Waals surface area contributed by atoms with Crippen molar-refractivity contribution in [3.63, 3.8) is 0 Å². The maximum atomic E-state index is 13.0. The molecule has 0 spiro atoms. The number of thiol groups is 1. The number of carboxylic acid groups (broad SMARTS) is 1. The number of amides is 3. The number of rotatable bonds is 14. The first-order chi connectivity index (χ1) is 15.5. The number of nitrogens with zero attached hydrogens (tertiary/aromatic N) is 1. The van der Waals surface area contributed by atoms with Crippen molar-refractivity contribution in [1.82, 2.24) is 25.9 Å². The molecule has 7 N–H and O–H groups in total. The fourth-order valence-electron chi connectivity index (χ4n) is 3.10. The summed E-state index contributed by atoms with van der Waals surface area (Å²) in [4.78, 5) is 56.6. The number of hydrogen-bond acceptors (Lipinski definition) is 7. The van der Waals surface area contributed by atoms with Crippen LogP contribution >= 0.6 is 12.6 Å². The van der Waals surface area contributed by atoms with Crippen molar-refractivity contribution in [3.05, 3.63) is 18.2 Å². The van der Waals surface area contributed by atoms with Crippen molar-refractivity contribution in [2.24, 2.45) is 17.6 Å². The predicted molar refractivity (Wildman–Crippen MR) is 126 cm³/mol.